The number of carbonyl (C=O) groups excluding carboxylic acids is 2. The molecule has 0 rings (SSSR count). The average Bonchev–Trinajstić information content (AvgIpc) is 3.51. The van der Waals surface area contributed by atoms with E-state index in [-0.39, 0.29) is 18.5 Å². The van der Waals surface area contributed by atoms with Gasteiger partial charge in [-0.15, -0.1) is 0 Å². The van der Waals surface area contributed by atoms with Gasteiger partial charge < -0.3 is 20.3 Å². The molecule has 0 aromatic rings. The molecule has 0 radical (unpaired) electrons. The van der Waals surface area contributed by atoms with Crippen LogP contribution in [0.2, 0.25) is 0 Å². The maximum absolute atomic E-state index is 12.5. The van der Waals surface area contributed by atoms with E-state index in [0.717, 1.165) is 38.5 Å². The number of ether oxygens (including phenoxy) is 1. The van der Waals surface area contributed by atoms with E-state index < -0.39 is 12.1 Å². The fourth-order valence-corrected chi connectivity index (χ4v) is 12.5. The van der Waals surface area contributed by atoms with Crippen LogP contribution in [0.3, 0.4) is 0 Å². The molecule has 0 heterocycles. The second kappa shape index (κ2) is 74.8. The second-order valence-corrected chi connectivity index (χ2v) is 27.0. The highest BCUT2D eigenvalue weighted by Gasteiger charge is 2.18. The molecule has 0 aliphatic carbocycles. The molecule has 504 valence electrons. The first-order valence-corrected chi connectivity index (χ1v) is 39.1. The minimum absolute atomic E-state index is 0.0260. The van der Waals surface area contributed by atoms with Crippen LogP contribution in [0.5, 0.6) is 0 Å². The summed E-state index contributed by atoms with van der Waals surface area (Å²) in [5.74, 6) is -0.0351. The van der Waals surface area contributed by atoms with Gasteiger partial charge in [-0.1, -0.05) is 398 Å². The number of rotatable bonds is 74. The molecule has 0 bridgehead atoms. The van der Waals surface area contributed by atoms with Crippen molar-refractivity contribution >= 4 is 11.9 Å². The Hall–Kier alpha value is -1.66. The van der Waals surface area contributed by atoms with Crippen molar-refractivity contribution in [2.24, 2.45) is 0 Å². The van der Waals surface area contributed by atoms with Crippen molar-refractivity contribution < 1.29 is 24.5 Å². The summed E-state index contributed by atoms with van der Waals surface area (Å²) in [7, 11) is 0. The van der Waals surface area contributed by atoms with E-state index in [1.165, 1.54) is 379 Å². The van der Waals surface area contributed by atoms with E-state index in [0.29, 0.717) is 19.4 Å². The third kappa shape index (κ3) is 71.3. The quantitative estimate of drug-likeness (QED) is 0.0320. The van der Waals surface area contributed by atoms with Crippen LogP contribution in [0.15, 0.2) is 24.3 Å². The molecule has 3 N–H and O–H groups in total. The zero-order valence-corrected chi connectivity index (χ0v) is 57.9. The first-order valence-electron chi connectivity index (χ1n) is 39.1. The van der Waals surface area contributed by atoms with Crippen LogP contribution in [-0.4, -0.2) is 47.4 Å². The van der Waals surface area contributed by atoms with Crippen molar-refractivity contribution in [1.29, 1.82) is 0 Å². The highest BCUT2D eigenvalue weighted by atomic mass is 16.5. The molecule has 0 fully saturated rings. The zero-order valence-electron chi connectivity index (χ0n) is 57.9. The molecule has 85 heavy (non-hydrogen) atoms. The van der Waals surface area contributed by atoms with Gasteiger partial charge in [0.1, 0.15) is 0 Å². The Morgan fingerprint density at radius 2 is 0.553 bits per heavy atom. The highest BCUT2D eigenvalue weighted by molar-refractivity contribution is 5.76. The average molecular weight is 1200 g/mol. The van der Waals surface area contributed by atoms with Crippen LogP contribution >= 0.6 is 0 Å². The molecule has 2 unspecified atom stereocenters. The molecule has 0 saturated heterocycles. The number of aliphatic hydroxyl groups is 2. The van der Waals surface area contributed by atoms with Crippen molar-refractivity contribution in [1.82, 2.24) is 5.32 Å². The SMILES string of the molecule is CCCCCCCCCCCCCC/C=C/C(O)C(CO)NC(=O)CCCCCCCCCCCCCCCCCCC/C=C\CCCCCCCCCCCCCCCCCCCCOC(=O)CCCCCCCCCCCCCCCCC. The lowest BCUT2D eigenvalue weighted by atomic mass is 10.0. The second-order valence-electron chi connectivity index (χ2n) is 27.0. The lowest BCUT2D eigenvalue weighted by Crippen LogP contribution is -2.45. The van der Waals surface area contributed by atoms with Crippen molar-refractivity contribution in [3.8, 4) is 0 Å². The lowest BCUT2D eigenvalue weighted by Gasteiger charge is -2.20. The third-order valence-corrected chi connectivity index (χ3v) is 18.5. The molecule has 0 spiro atoms. The fourth-order valence-electron chi connectivity index (χ4n) is 12.5. The van der Waals surface area contributed by atoms with Gasteiger partial charge >= 0.3 is 5.97 Å². The van der Waals surface area contributed by atoms with Gasteiger partial charge in [0.05, 0.1) is 25.4 Å². The minimum atomic E-state index is -0.840. The standard InChI is InChI=1S/C79H153NO5/c1-3-5-7-9-11-13-15-17-44-49-53-57-61-65-69-73-79(84)85-74-70-66-62-58-54-50-46-43-41-39-37-35-33-31-29-27-25-23-21-19-20-22-24-26-28-30-32-34-36-38-40-42-45-48-52-56-60-64-68-72-78(83)80-76(75-81)77(82)71-67-63-59-55-51-47-18-16-14-12-10-8-6-4-2/h19-20,67,71,76-77,81-82H,3-18,21-66,68-70,72-75H2,1-2H3,(H,80,83)/b20-19-,71-67+. The number of unbranched alkanes of at least 4 members (excludes halogenated alkanes) is 61. The van der Waals surface area contributed by atoms with Crippen molar-refractivity contribution in [3.05, 3.63) is 24.3 Å². The molecular formula is C79H153NO5. The summed E-state index contributed by atoms with van der Waals surface area (Å²) < 4.78 is 5.51. The van der Waals surface area contributed by atoms with Gasteiger partial charge in [-0.3, -0.25) is 9.59 Å². The topological polar surface area (TPSA) is 95.9 Å². The number of esters is 1. The van der Waals surface area contributed by atoms with Gasteiger partial charge in [0.15, 0.2) is 0 Å². The zero-order chi connectivity index (χ0) is 61.3. The Bertz CT molecular complexity index is 1330. The van der Waals surface area contributed by atoms with Crippen molar-refractivity contribution in [2.75, 3.05) is 13.2 Å². The molecule has 2 atom stereocenters. The molecule has 0 aromatic carbocycles. The van der Waals surface area contributed by atoms with E-state index in [9.17, 15) is 19.8 Å². The van der Waals surface area contributed by atoms with Gasteiger partial charge in [-0.2, -0.15) is 0 Å². The summed E-state index contributed by atoms with van der Waals surface area (Å²) in [6.45, 7) is 4.95. The first kappa shape index (κ1) is 83.3. The Labute approximate surface area is 532 Å². The third-order valence-electron chi connectivity index (χ3n) is 18.5. The lowest BCUT2D eigenvalue weighted by molar-refractivity contribution is -0.143. The summed E-state index contributed by atoms with van der Waals surface area (Å²) in [6.07, 6.45) is 96.0. The Kier molecular flexibility index (Phi) is 73.3. The molecule has 0 aromatic heterocycles. The smallest absolute Gasteiger partial charge is 0.305 e. The minimum Gasteiger partial charge on any atom is -0.466 e. The molecular weight excluding hydrogens is 1040 g/mol. The van der Waals surface area contributed by atoms with Crippen LogP contribution < -0.4 is 5.32 Å². The van der Waals surface area contributed by atoms with Crippen LogP contribution in [0.25, 0.3) is 0 Å². The molecule has 0 saturated carbocycles. The summed E-state index contributed by atoms with van der Waals surface area (Å²) in [6, 6.07) is -0.624. The van der Waals surface area contributed by atoms with Crippen LogP contribution in [-0.2, 0) is 14.3 Å². The Morgan fingerprint density at radius 3 is 0.835 bits per heavy atom. The summed E-state index contributed by atoms with van der Waals surface area (Å²) in [4.78, 5) is 24.6. The molecule has 6 nitrogen and oxygen atoms in total. The number of hydrogen-bond acceptors (Lipinski definition) is 5. The van der Waals surface area contributed by atoms with E-state index in [4.69, 9.17) is 4.74 Å². The predicted octanol–water partition coefficient (Wildman–Crippen LogP) is 25.7. The van der Waals surface area contributed by atoms with Gasteiger partial charge in [0.2, 0.25) is 5.91 Å². The van der Waals surface area contributed by atoms with Gasteiger partial charge in [-0.05, 0) is 57.8 Å². The Morgan fingerprint density at radius 1 is 0.318 bits per heavy atom. The van der Waals surface area contributed by atoms with E-state index in [2.05, 4.69) is 31.3 Å². The summed E-state index contributed by atoms with van der Waals surface area (Å²) in [5, 5.41) is 23.2. The largest absolute Gasteiger partial charge is 0.466 e. The van der Waals surface area contributed by atoms with E-state index in [1.54, 1.807) is 6.08 Å². The number of allylic oxidation sites excluding steroid dienone is 3. The number of hydrogen-bond donors (Lipinski definition) is 3. The number of amides is 1. The number of aliphatic hydroxyl groups excluding tert-OH is 2. The van der Waals surface area contributed by atoms with E-state index in [1.807, 2.05) is 6.08 Å². The molecule has 6 heteroatoms. The van der Waals surface area contributed by atoms with Crippen LogP contribution in [0.1, 0.15) is 444 Å². The fraction of sp³-hybridized carbons (Fsp3) is 0.924. The van der Waals surface area contributed by atoms with Crippen molar-refractivity contribution in [2.45, 2.75) is 456 Å². The molecule has 1 amide bonds. The van der Waals surface area contributed by atoms with E-state index >= 15 is 0 Å². The molecule has 0 aliphatic heterocycles. The number of nitrogens with one attached hydrogen (secondary N) is 1. The normalized spacial score (nSPS) is 12.6. The maximum Gasteiger partial charge on any atom is 0.305 e. The first-order chi connectivity index (χ1) is 42.0. The van der Waals surface area contributed by atoms with Crippen LogP contribution in [0.4, 0.5) is 0 Å². The monoisotopic (exact) mass is 1200 g/mol. The van der Waals surface area contributed by atoms with Gasteiger partial charge in [0.25, 0.3) is 0 Å². The summed E-state index contributed by atoms with van der Waals surface area (Å²) >= 11 is 0. The maximum atomic E-state index is 12.5. The highest BCUT2D eigenvalue weighted by Crippen LogP contribution is 2.20. The Balaban J connectivity index is 3.31. The van der Waals surface area contributed by atoms with Gasteiger partial charge in [0, 0.05) is 12.8 Å². The van der Waals surface area contributed by atoms with Crippen molar-refractivity contribution in [3.63, 3.8) is 0 Å². The number of carbonyl (C=O) groups is 2. The molecule has 0 aliphatic rings. The van der Waals surface area contributed by atoms with Crippen LogP contribution in [0, 0.1) is 0 Å². The van der Waals surface area contributed by atoms with Gasteiger partial charge in [-0.25, -0.2) is 0 Å². The predicted molar refractivity (Wildman–Crippen MR) is 375 cm³/mol. The summed E-state index contributed by atoms with van der Waals surface area (Å²) in [5.41, 5.74) is 0.